The number of amides is 1. The van der Waals surface area contributed by atoms with Crippen molar-refractivity contribution in [3.63, 3.8) is 0 Å². The third kappa shape index (κ3) is 2.69. The van der Waals surface area contributed by atoms with Crippen molar-refractivity contribution in [3.8, 4) is 11.5 Å². The number of rotatable bonds is 4. The Labute approximate surface area is 186 Å². The average Bonchev–Trinajstić information content (AvgIpc) is 3.10. The van der Waals surface area contributed by atoms with Crippen molar-refractivity contribution in [3.05, 3.63) is 23.3 Å². The molecule has 5 N–H and O–H groups in total. The van der Waals surface area contributed by atoms with Crippen LogP contribution in [0.25, 0.3) is 0 Å². The molecule has 10 heteroatoms. The lowest BCUT2D eigenvalue weighted by Gasteiger charge is -2.62. The molecule has 2 heterocycles. The number of nitrogens with zero attached hydrogens (tertiary/aromatic N) is 3. The van der Waals surface area contributed by atoms with E-state index in [-0.39, 0.29) is 43.0 Å². The molecule has 4 aliphatic rings. The van der Waals surface area contributed by atoms with Gasteiger partial charge in [0, 0.05) is 31.6 Å². The molecule has 1 aromatic carbocycles. The van der Waals surface area contributed by atoms with Crippen molar-refractivity contribution in [1.82, 2.24) is 9.80 Å². The molecule has 1 spiro atoms. The lowest BCUT2D eigenvalue weighted by atomic mass is 9.49. The van der Waals surface area contributed by atoms with Crippen LogP contribution in [0.4, 0.5) is 4.79 Å². The van der Waals surface area contributed by atoms with E-state index >= 15 is 0 Å². The van der Waals surface area contributed by atoms with Gasteiger partial charge < -0.3 is 35.8 Å². The molecule has 4 atom stereocenters. The second-order valence-electron chi connectivity index (χ2n) is 9.33. The first-order valence-corrected chi connectivity index (χ1v) is 11.0. The predicted octanol–water partition coefficient (Wildman–Crippen LogP) is -0.256. The van der Waals surface area contributed by atoms with Crippen LogP contribution in [0.15, 0.2) is 17.1 Å². The molecule has 5 rings (SSSR count). The monoisotopic (exact) mass is 443 g/mol. The van der Waals surface area contributed by atoms with Crippen LogP contribution in [0.3, 0.4) is 0 Å². The molecule has 0 aromatic heterocycles. The lowest BCUT2D eigenvalue weighted by molar-refractivity contribution is -0.185. The Morgan fingerprint density at radius 1 is 1.41 bits per heavy atom. The van der Waals surface area contributed by atoms with Gasteiger partial charge in [0.15, 0.2) is 29.3 Å². The van der Waals surface area contributed by atoms with Gasteiger partial charge in [-0.1, -0.05) is 6.07 Å². The molecule has 10 nitrogen and oxygen atoms in total. The number of likely N-dealkylation sites (N-methyl/N-ethyl adjacent to an activating group) is 2. The molecular formula is C22H29N5O5. The van der Waals surface area contributed by atoms with Gasteiger partial charge in [0.2, 0.25) is 0 Å². The van der Waals surface area contributed by atoms with Gasteiger partial charge in [0.05, 0.1) is 17.6 Å². The first-order chi connectivity index (χ1) is 15.2. The molecule has 2 bridgehead atoms. The van der Waals surface area contributed by atoms with E-state index in [1.807, 2.05) is 13.1 Å². The Balaban J connectivity index is 1.51. The third-order valence-electron chi connectivity index (χ3n) is 7.75. The van der Waals surface area contributed by atoms with Crippen LogP contribution in [-0.2, 0) is 16.6 Å². The number of aliphatic imine (C=N–C) groups is 1. The van der Waals surface area contributed by atoms with Crippen LogP contribution in [0.1, 0.15) is 30.4 Å². The van der Waals surface area contributed by atoms with Crippen molar-refractivity contribution in [2.45, 2.75) is 48.8 Å². The Morgan fingerprint density at radius 3 is 2.94 bits per heavy atom. The highest BCUT2D eigenvalue weighted by molar-refractivity contribution is 5.90. The molecule has 1 aromatic rings. The van der Waals surface area contributed by atoms with Crippen molar-refractivity contribution in [2.24, 2.45) is 16.5 Å². The maximum absolute atomic E-state index is 13.0. The van der Waals surface area contributed by atoms with E-state index in [9.17, 15) is 14.7 Å². The van der Waals surface area contributed by atoms with Gasteiger partial charge in [0.25, 0.3) is 0 Å². The minimum Gasteiger partial charge on any atom is -0.477 e. The van der Waals surface area contributed by atoms with Gasteiger partial charge in [-0.2, -0.15) is 0 Å². The SMILES string of the molecule is CN(CCN=C(N)N)C(=O)Oc1ccc2c3c1OC1C(=O)CC[C@@]4(O)C(C2)N(C)CCC314. The van der Waals surface area contributed by atoms with Crippen molar-refractivity contribution >= 4 is 17.8 Å². The number of carbonyl (C=O) groups is 2. The largest absolute Gasteiger partial charge is 0.477 e. The summed E-state index contributed by atoms with van der Waals surface area (Å²) in [7, 11) is 3.61. The number of hydrogen-bond acceptors (Lipinski definition) is 7. The fraction of sp³-hybridized carbons (Fsp3) is 0.591. The molecule has 1 saturated heterocycles. The van der Waals surface area contributed by atoms with Crippen LogP contribution in [0.5, 0.6) is 11.5 Å². The number of guanidine groups is 1. The summed E-state index contributed by atoms with van der Waals surface area (Å²) in [5, 5.41) is 12.0. The Morgan fingerprint density at radius 2 is 2.19 bits per heavy atom. The Hall–Kier alpha value is -2.85. The van der Waals surface area contributed by atoms with Crippen molar-refractivity contribution < 1.29 is 24.2 Å². The van der Waals surface area contributed by atoms with Crippen LogP contribution < -0.4 is 20.9 Å². The van der Waals surface area contributed by atoms with E-state index in [2.05, 4.69) is 9.89 Å². The Bertz CT molecular complexity index is 1020. The summed E-state index contributed by atoms with van der Waals surface area (Å²) in [6.07, 6.45) is 0.625. The summed E-state index contributed by atoms with van der Waals surface area (Å²) in [5.74, 6) is 0.626. The minimum absolute atomic E-state index is 0.00587. The van der Waals surface area contributed by atoms with Crippen molar-refractivity contribution in [1.29, 1.82) is 0 Å². The molecule has 0 radical (unpaired) electrons. The van der Waals surface area contributed by atoms with E-state index in [1.165, 1.54) is 4.90 Å². The van der Waals surface area contributed by atoms with Gasteiger partial charge in [-0.25, -0.2) is 4.79 Å². The van der Waals surface area contributed by atoms with E-state index in [1.54, 1.807) is 13.1 Å². The number of ether oxygens (including phenoxy) is 2. The number of carbonyl (C=O) groups excluding carboxylic acids is 2. The van der Waals surface area contributed by atoms with E-state index in [0.29, 0.717) is 25.0 Å². The number of nitrogens with two attached hydrogens (primary N) is 2. The number of benzene rings is 1. The fourth-order valence-corrected chi connectivity index (χ4v) is 6.20. The maximum atomic E-state index is 13.0. The van der Waals surface area contributed by atoms with E-state index < -0.39 is 23.2 Å². The molecule has 3 unspecified atom stereocenters. The summed E-state index contributed by atoms with van der Waals surface area (Å²) >= 11 is 0. The van der Waals surface area contributed by atoms with Gasteiger partial charge in [-0.05, 0) is 44.5 Å². The van der Waals surface area contributed by atoms with Gasteiger partial charge >= 0.3 is 6.09 Å². The number of likely N-dealkylation sites (tertiary alicyclic amines) is 1. The lowest BCUT2D eigenvalue weighted by Crippen LogP contribution is -2.76. The van der Waals surface area contributed by atoms with Crippen LogP contribution >= 0.6 is 0 Å². The number of piperidine rings is 1. The van der Waals surface area contributed by atoms with Gasteiger partial charge in [-0.15, -0.1) is 0 Å². The van der Waals surface area contributed by atoms with Crippen LogP contribution in [0.2, 0.25) is 0 Å². The zero-order chi connectivity index (χ0) is 22.8. The summed E-state index contributed by atoms with van der Waals surface area (Å²) < 4.78 is 11.9. The molecule has 2 aliphatic heterocycles. The standard InChI is InChI=1S/C22H29N5O5/c1-26-9-7-21-16-12-3-4-14(31-20(29)27(2)10-8-25-19(23)24)17(16)32-18(21)13(28)5-6-22(21,30)15(26)11-12/h3-4,15,18,30H,5-11H2,1-2H3,(H4,23,24,25)/t15?,18?,21?,22-/m1/s1. The first kappa shape index (κ1) is 21.0. The average molecular weight is 444 g/mol. The molecule has 1 amide bonds. The van der Waals surface area contributed by atoms with E-state index in [0.717, 1.165) is 17.7 Å². The zero-order valence-electron chi connectivity index (χ0n) is 18.3. The maximum Gasteiger partial charge on any atom is 0.415 e. The molecule has 32 heavy (non-hydrogen) atoms. The highest BCUT2D eigenvalue weighted by Gasteiger charge is 2.72. The van der Waals surface area contributed by atoms with Gasteiger partial charge in [-0.3, -0.25) is 9.79 Å². The predicted molar refractivity (Wildman–Crippen MR) is 116 cm³/mol. The second-order valence-corrected chi connectivity index (χ2v) is 9.33. The summed E-state index contributed by atoms with van der Waals surface area (Å²) in [6.45, 7) is 1.29. The van der Waals surface area contributed by atoms with Crippen LogP contribution in [-0.4, -0.2) is 84.2 Å². The summed E-state index contributed by atoms with van der Waals surface area (Å²) in [6, 6.07) is 3.57. The molecule has 2 aliphatic carbocycles. The highest BCUT2D eigenvalue weighted by Crippen LogP contribution is 2.64. The molecule has 2 fully saturated rings. The summed E-state index contributed by atoms with van der Waals surface area (Å²) in [4.78, 5) is 33.1. The number of Topliss-reactive ketones (excluding diaryl/α,β-unsaturated/α-hetero) is 1. The molecule has 1 saturated carbocycles. The zero-order valence-corrected chi connectivity index (χ0v) is 18.3. The second kappa shape index (κ2) is 7.08. The highest BCUT2D eigenvalue weighted by atomic mass is 16.6. The van der Waals surface area contributed by atoms with Crippen LogP contribution in [0, 0.1) is 0 Å². The smallest absolute Gasteiger partial charge is 0.415 e. The minimum atomic E-state index is -1.06. The first-order valence-electron chi connectivity index (χ1n) is 11.0. The van der Waals surface area contributed by atoms with Gasteiger partial charge in [0.1, 0.15) is 0 Å². The quantitative estimate of drug-likeness (QED) is 0.427. The van der Waals surface area contributed by atoms with Crippen molar-refractivity contribution in [2.75, 3.05) is 33.7 Å². The number of ketones is 1. The number of hydrogen-bond donors (Lipinski definition) is 3. The number of aliphatic hydroxyl groups is 1. The topological polar surface area (TPSA) is 144 Å². The van der Waals surface area contributed by atoms with E-state index in [4.69, 9.17) is 20.9 Å². The summed E-state index contributed by atoms with van der Waals surface area (Å²) in [5.41, 5.74) is 10.7. The molecular weight excluding hydrogens is 414 g/mol. The molecule has 172 valence electrons. The third-order valence-corrected chi connectivity index (χ3v) is 7.75. The normalized spacial score (nSPS) is 32.0. The Kier molecular flexibility index (Phi) is 4.65. The fourth-order valence-electron chi connectivity index (χ4n) is 6.20.